The van der Waals surface area contributed by atoms with Gasteiger partial charge in [0.15, 0.2) is 0 Å². The number of anilines is 1. The molecule has 3 aromatic rings. The average molecular weight is 373 g/mol. The van der Waals surface area contributed by atoms with Crippen molar-refractivity contribution in [2.45, 2.75) is 13.0 Å². The van der Waals surface area contributed by atoms with Crippen molar-refractivity contribution in [2.75, 3.05) is 44.3 Å². The van der Waals surface area contributed by atoms with Crippen LogP contribution in [0.5, 0.6) is 0 Å². The lowest BCUT2D eigenvalue weighted by Crippen LogP contribution is -2.39. The molecular weight excluding hydrogens is 352 g/mol. The highest BCUT2D eigenvalue weighted by atomic mass is 32.1. The van der Waals surface area contributed by atoms with E-state index in [-0.39, 0.29) is 0 Å². The molecule has 0 amide bonds. The highest BCUT2D eigenvalue weighted by molar-refractivity contribution is 7.18. The zero-order valence-electron chi connectivity index (χ0n) is 14.0. The molecule has 2 aliphatic heterocycles. The smallest absolute Gasteiger partial charge is 0.146 e. The van der Waals surface area contributed by atoms with Crippen molar-refractivity contribution in [3.05, 3.63) is 28.7 Å². The molecule has 0 aliphatic carbocycles. The van der Waals surface area contributed by atoms with Crippen LogP contribution in [0.2, 0.25) is 0 Å². The Hall–Kier alpha value is -1.54. The van der Waals surface area contributed by atoms with Crippen LogP contribution in [0.15, 0.2) is 22.9 Å². The summed E-state index contributed by atoms with van der Waals surface area (Å²) in [6.45, 7) is 6.56. The van der Waals surface area contributed by atoms with Gasteiger partial charge < -0.3 is 9.64 Å². The van der Waals surface area contributed by atoms with E-state index in [0.29, 0.717) is 0 Å². The molecule has 0 spiro atoms. The van der Waals surface area contributed by atoms with Crippen molar-refractivity contribution in [2.24, 2.45) is 0 Å². The molecule has 0 saturated carbocycles. The minimum absolute atomic E-state index is 0.808. The van der Waals surface area contributed by atoms with Gasteiger partial charge in [-0.25, -0.2) is 9.97 Å². The van der Waals surface area contributed by atoms with Crippen LogP contribution in [-0.4, -0.2) is 54.3 Å². The SMILES string of the molecule is c1csc(-c2csc3nc(CN4CCOCC4)nc(N4CCC4)c23)c1. The monoisotopic (exact) mass is 372 g/mol. The lowest BCUT2D eigenvalue weighted by molar-refractivity contribution is 0.0331. The van der Waals surface area contributed by atoms with Gasteiger partial charge in [-0.1, -0.05) is 6.07 Å². The Bertz CT molecular complexity index is 867. The van der Waals surface area contributed by atoms with Crippen LogP contribution >= 0.6 is 22.7 Å². The summed E-state index contributed by atoms with van der Waals surface area (Å²) in [6, 6.07) is 4.30. The van der Waals surface area contributed by atoms with E-state index < -0.39 is 0 Å². The van der Waals surface area contributed by atoms with Gasteiger partial charge in [0.1, 0.15) is 16.5 Å². The summed E-state index contributed by atoms with van der Waals surface area (Å²) < 4.78 is 5.45. The molecule has 0 bridgehead atoms. The Morgan fingerprint density at radius 1 is 1.08 bits per heavy atom. The second-order valence-electron chi connectivity index (χ2n) is 6.50. The molecule has 7 heteroatoms. The van der Waals surface area contributed by atoms with E-state index in [1.807, 2.05) is 0 Å². The molecule has 0 atom stereocenters. The van der Waals surface area contributed by atoms with Crippen molar-refractivity contribution >= 4 is 38.7 Å². The second kappa shape index (κ2) is 6.64. The number of fused-ring (bicyclic) bond motifs is 1. The Labute approximate surface area is 154 Å². The van der Waals surface area contributed by atoms with E-state index in [0.717, 1.165) is 62.4 Å². The fraction of sp³-hybridized carbons (Fsp3) is 0.444. The summed E-state index contributed by atoms with van der Waals surface area (Å²) in [5, 5.41) is 5.61. The summed E-state index contributed by atoms with van der Waals surface area (Å²) in [5.41, 5.74) is 1.29. The van der Waals surface area contributed by atoms with Gasteiger partial charge in [-0.05, 0) is 17.9 Å². The topological polar surface area (TPSA) is 41.5 Å². The molecular formula is C18H20N4OS2. The van der Waals surface area contributed by atoms with Crippen LogP contribution in [0.1, 0.15) is 12.2 Å². The maximum Gasteiger partial charge on any atom is 0.146 e. The van der Waals surface area contributed by atoms with Crippen LogP contribution in [-0.2, 0) is 11.3 Å². The van der Waals surface area contributed by atoms with E-state index in [1.165, 1.54) is 22.2 Å². The van der Waals surface area contributed by atoms with Gasteiger partial charge in [-0.3, -0.25) is 4.90 Å². The Balaban J connectivity index is 1.57. The first-order chi connectivity index (χ1) is 12.4. The van der Waals surface area contributed by atoms with E-state index in [2.05, 4.69) is 32.7 Å². The van der Waals surface area contributed by atoms with Gasteiger partial charge >= 0.3 is 0 Å². The summed E-state index contributed by atoms with van der Waals surface area (Å²) in [5.74, 6) is 2.07. The van der Waals surface area contributed by atoms with Crippen LogP contribution in [0.4, 0.5) is 5.82 Å². The van der Waals surface area contributed by atoms with Crippen molar-refractivity contribution in [1.82, 2.24) is 14.9 Å². The molecule has 130 valence electrons. The molecule has 5 heterocycles. The van der Waals surface area contributed by atoms with Gasteiger partial charge in [-0.15, -0.1) is 22.7 Å². The molecule has 0 unspecified atom stereocenters. The third-order valence-corrected chi connectivity index (χ3v) is 6.65. The van der Waals surface area contributed by atoms with Crippen LogP contribution in [0, 0.1) is 0 Å². The van der Waals surface area contributed by atoms with E-state index >= 15 is 0 Å². The summed E-state index contributed by atoms with van der Waals surface area (Å²) in [4.78, 5) is 17.1. The Kier molecular flexibility index (Phi) is 4.17. The second-order valence-corrected chi connectivity index (χ2v) is 8.31. The van der Waals surface area contributed by atoms with E-state index in [9.17, 15) is 0 Å². The molecule has 0 radical (unpaired) electrons. The molecule has 5 rings (SSSR count). The largest absolute Gasteiger partial charge is 0.379 e. The number of hydrogen-bond donors (Lipinski definition) is 0. The van der Waals surface area contributed by atoms with Crippen molar-refractivity contribution in [3.63, 3.8) is 0 Å². The van der Waals surface area contributed by atoms with Crippen LogP contribution < -0.4 is 4.90 Å². The van der Waals surface area contributed by atoms with Crippen LogP contribution in [0.3, 0.4) is 0 Å². The van der Waals surface area contributed by atoms with Crippen molar-refractivity contribution < 1.29 is 4.74 Å². The maximum absolute atomic E-state index is 5.45. The van der Waals surface area contributed by atoms with Gasteiger partial charge in [-0.2, -0.15) is 0 Å². The molecule has 0 aromatic carbocycles. The average Bonchev–Trinajstić information content (AvgIpc) is 3.23. The highest BCUT2D eigenvalue weighted by Crippen LogP contribution is 2.41. The summed E-state index contributed by atoms with van der Waals surface area (Å²) >= 11 is 3.52. The van der Waals surface area contributed by atoms with Crippen LogP contribution in [0.25, 0.3) is 20.7 Å². The first-order valence-electron chi connectivity index (χ1n) is 8.75. The number of thiophene rings is 2. The summed E-state index contributed by atoms with van der Waals surface area (Å²) in [6.07, 6.45) is 1.25. The zero-order chi connectivity index (χ0) is 16.6. The third kappa shape index (κ3) is 2.95. The molecule has 2 saturated heterocycles. The zero-order valence-corrected chi connectivity index (χ0v) is 15.6. The van der Waals surface area contributed by atoms with Gasteiger partial charge in [0, 0.05) is 42.0 Å². The van der Waals surface area contributed by atoms with E-state index in [1.54, 1.807) is 22.7 Å². The fourth-order valence-electron chi connectivity index (χ4n) is 3.37. The number of nitrogens with zero attached hydrogens (tertiary/aromatic N) is 4. The number of morpholine rings is 1. The number of aromatic nitrogens is 2. The molecule has 2 fully saturated rings. The lowest BCUT2D eigenvalue weighted by atomic mass is 10.1. The van der Waals surface area contributed by atoms with Gasteiger partial charge in [0.25, 0.3) is 0 Å². The minimum Gasteiger partial charge on any atom is -0.379 e. The quantitative estimate of drug-likeness (QED) is 0.701. The number of hydrogen-bond acceptors (Lipinski definition) is 7. The van der Waals surface area contributed by atoms with Gasteiger partial charge in [0.05, 0.1) is 25.1 Å². The van der Waals surface area contributed by atoms with Crippen molar-refractivity contribution in [3.8, 4) is 10.4 Å². The molecule has 3 aromatic heterocycles. The first-order valence-corrected chi connectivity index (χ1v) is 10.5. The number of rotatable bonds is 4. The Morgan fingerprint density at radius 3 is 2.68 bits per heavy atom. The van der Waals surface area contributed by atoms with Gasteiger partial charge in [0.2, 0.25) is 0 Å². The molecule has 5 nitrogen and oxygen atoms in total. The molecule has 2 aliphatic rings. The third-order valence-electron chi connectivity index (χ3n) is 4.87. The first kappa shape index (κ1) is 15.7. The van der Waals surface area contributed by atoms with Crippen molar-refractivity contribution in [1.29, 1.82) is 0 Å². The molecule has 0 N–H and O–H groups in total. The minimum atomic E-state index is 0.808. The normalized spacial score (nSPS) is 18.6. The lowest BCUT2D eigenvalue weighted by Gasteiger charge is -2.33. The highest BCUT2D eigenvalue weighted by Gasteiger charge is 2.24. The number of ether oxygens (including phenoxy) is 1. The van der Waals surface area contributed by atoms with E-state index in [4.69, 9.17) is 14.7 Å². The Morgan fingerprint density at radius 2 is 1.96 bits per heavy atom. The predicted molar refractivity (Wildman–Crippen MR) is 104 cm³/mol. The molecule has 25 heavy (non-hydrogen) atoms. The fourth-order valence-corrected chi connectivity index (χ4v) is 5.14. The standard InChI is InChI=1S/C18H20N4OS2/c1-3-14(24-10-1)13-12-25-18-16(13)17(22-4-2-5-22)19-15(20-18)11-21-6-8-23-9-7-21/h1,3,10,12H,2,4-9,11H2. The predicted octanol–water partition coefficient (Wildman–Crippen LogP) is 3.46. The maximum atomic E-state index is 5.45. The summed E-state index contributed by atoms with van der Waals surface area (Å²) in [7, 11) is 0.